The highest BCUT2D eigenvalue weighted by Crippen LogP contribution is 2.26. The molecule has 5 heteroatoms. The molecule has 3 rings (SSSR count). The fourth-order valence-electron chi connectivity index (χ4n) is 2.24. The number of nitrogens with two attached hydrogens (primary N) is 1. The van der Waals surface area contributed by atoms with Crippen LogP contribution in [0.4, 0.5) is 5.69 Å². The molecule has 1 aliphatic heterocycles. The molecule has 0 bridgehead atoms. The van der Waals surface area contributed by atoms with E-state index in [-0.39, 0.29) is 0 Å². The van der Waals surface area contributed by atoms with Crippen molar-refractivity contribution in [3.05, 3.63) is 35.7 Å². The van der Waals surface area contributed by atoms with Gasteiger partial charge in [0.05, 0.1) is 12.8 Å². The van der Waals surface area contributed by atoms with E-state index in [4.69, 9.17) is 10.5 Å². The summed E-state index contributed by atoms with van der Waals surface area (Å²) in [5.41, 5.74) is 9.81. The third-order valence-corrected chi connectivity index (χ3v) is 3.18. The lowest BCUT2D eigenvalue weighted by Crippen LogP contribution is -2.22. The number of rotatable bonds is 2. The quantitative estimate of drug-likeness (QED) is 0.777. The number of nitrogens with zero attached hydrogens (tertiary/aromatic N) is 2. The maximum absolute atomic E-state index is 5.83. The molecule has 3 N–H and O–H groups in total. The van der Waals surface area contributed by atoms with Gasteiger partial charge in [0.15, 0.2) is 0 Å². The molecule has 94 valence electrons. The van der Waals surface area contributed by atoms with Gasteiger partial charge in [-0.1, -0.05) is 0 Å². The van der Waals surface area contributed by atoms with Crippen LogP contribution in [0.3, 0.4) is 0 Å². The molecule has 0 saturated heterocycles. The number of benzene rings is 1. The molecule has 0 unspecified atom stereocenters. The van der Waals surface area contributed by atoms with E-state index in [9.17, 15) is 0 Å². The second kappa shape index (κ2) is 4.34. The highest BCUT2D eigenvalue weighted by Gasteiger charge is 2.15. The Morgan fingerprint density at radius 3 is 3.11 bits per heavy atom. The number of methoxy groups -OCH3 is 1. The molecule has 0 saturated carbocycles. The smallest absolute Gasteiger partial charge is 0.144 e. The normalized spacial score (nSPS) is 14.3. The molecule has 0 aliphatic carbocycles. The van der Waals surface area contributed by atoms with Crippen molar-refractivity contribution in [1.29, 1.82) is 0 Å². The lowest BCUT2D eigenvalue weighted by atomic mass is 10.1. The van der Waals surface area contributed by atoms with Gasteiger partial charge in [0.2, 0.25) is 0 Å². The van der Waals surface area contributed by atoms with Gasteiger partial charge < -0.3 is 15.8 Å². The first-order chi connectivity index (χ1) is 8.78. The monoisotopic (exact) mass is 244 g/mol. The molecule has 0 radical (unpaired) electrons. The maximum atomic E-state index is 5.83. The summed E-state index contributed by atoms with van der Waals surface area (Å²) in [7, 11) is 1.65. The summed E-state index contributed by atoms with van der Waals surface area (Å²) >= 11 is 0. The Bertz CT molecular complexity index is 553. The number of nitrogens with one attached hydrogen (secondary N) is 1. The van der Waals surface area contributed by atoms with Crippen molar-refractivity contribution in [3.63, 3.8) is 0 Å². The Morgan fingerprint density at radius 1 is 1.44 bits per heavy atom. The Morgan fingerprint density at radius 2 is 2.33 bits per heavy atom. The summed E-state index contributed by atoms with van der Waals surface area (Å²) in [6.07, 6.45) is 3.01. The minimum Gasteiger partial charge on any atom is -0.494 e. The van der Waals surface area contributed by atoms with E-state index >= 15 is 0 Å². The average Bonchev–Trinajstić information content (AvgIpc) is 2.82. The first-order valence-electron chi connectivity index (χ1n) is 6.00. The van der Waals surface area contributed by atoms with E-state index in [1.54, 1.807) is 7.11 Å². The molecule has 2 heterocycles. The van der Waals surface area contributed by atoms with Gasteiger partial charge in [0.25, 0.3) is 0 Å². The summed E-state index contributed by atoms with van der Waals surface area (Å²) in [6.45, 7) is 1.86. The zero-order chi connectivity index (χ0) is 12.5. The van der Waals surface area contributed by atoms with Gasteiger partial charge in [-0.05, 0) is 18.2 Å². The minimum atomic E-state index is 0.706. The van der Waals surface area contributed by atoms with E-state index in [2.05, 4.69) is 10.4 Å². The fourth-order valence-corrected chi connectivity index (χ4v) is 2.24. The van der Waals surface area contributed by atoms with Crippen molar-refractivity contribution in [2.45, 2.75) is 13.0 Å². The second-order valence-corrected chi connectivity index (χ2v) is 4.40. The molecule has 0 atom stereocenters. The van der Waals surface area contributed by atoms with Crippen molar-refractivity contribution in [2.75, 3.05) is 19.4 Å². The molecule has 0 amide bonds. The van der Waals surface area contributed by atoms with Gasteiger partial charge in [0, 0.05) is 37.0 Å². The Labute approximate surface area is 106 Å². The SMILES string of the molecule is COc1ccc(N)cc1-n1cc2c(n1)CCNC2. The van der Waals surface area contributed by atoms with Gasteiger partial charge in [-0.25, -0.2) is 4.68 Å². The van der Waals surface area contributed by atoms with Crippen LogP contribution in [0.5, 0.6) is 5.75 Å². The van der Waals surface area contributed by atoms with Gasteiger partial charge in [-0.3, -0.25) is 0 Å². The standard InChI is InChI=1S/C13H16N4O/c1-18-13-3-2-10(14)6-12(13)17-8-9-7-15-5-4-11(9)16-17/h2-3,6,8,15H,4-5,7,14H2,1H3. The Balaban J connectivity index is 2.08. The minimum absolute atomic E-state index is 0.706. The number of hydrogen-bond acceptors (Lipinski definition) is 4. The Kier molecular flexibility index (Phi) is 2.68. The first-order valence-corrected chi connectivity index (χ1v) is 6.00. The highest BCUT2D eigenvalue weighted by molar-refractivity contribution is 5.56. The molecule has 1 aliphatic rings. The number of anilines is 1. The van der Waals surface area contributed by atoms with E-state index in [1.807, 2.05) is 29.1 Å². The van der Waals surface area contributed by atoms with E-state index in [0.717, 1.165) is 36.6 Å². The number of fused-ring (bicyclic) bond motifs is 1. The van der Waals surface area contributed by atoms with Crippen molar-refractivity contribution < 1.29 is 4.74 Å². The van der Waals surface area contributed by atoms with E-state index in [0.29, 0.717) is 5.69 Å². The van der Waals surface area contributed by atoms with Crippen LogP contribution in [-0.2, 0) is 13.0 Å². The molecule has 0 spiro atoms. The highest BCUT2D eigenvalue weighted by atomic mass is 16.5. The van der Waals surface area contributed by atoms with Crippen LogP contribution in [0.15, 0.2) is 24.4 Å². The van der Waals surface area contributed by atoms with Gasteiger partial charge >= 0.3 is 0 Å². The second-order valence-electron chi connectivity index (χ2n) is 4.40. The molecule has 0 fully saturated rings. The van der Waals surface area contributed by atoms with Gasteiger partial charge in [-0.2, -0.15) is 5.10 Å². The zero-order valence-corrected chi connectivity index (χ0v) is 10.3. The third kappa shape index (κ3) is 1.82. The number of hydrogen-bond donors (Lipinski definition) is 2. The van der Waals surface area contributed by atoms with Crippen LogP contribution in [0, 0.1) is 0 Å². The summed E-state index contributed by atoms with van der Waals surface area (Å²) < 4.78 is 7.21. The van der Waals surface area contributed by atoms with E-state index in [1.165, 1.54) is 5.56 Å². The predicted molar refractivity (Wildman–Crippen MR) is 69.9 cm³/mol. The van der Waals surface area contributed by atoms with Crippen LogP contribution < -0.4 is 15.8 Å². The largest absolute Gasteiger partial charge is 0.494 e. The summed E-state index contributed by atoms with van der Waals surface area (Å²) in [5.74, 6) is 0.775. The topological polar surface area (TPSA) is 65.1 Å². The molecule has 5 nitrogen and oxygen atoms in total. The zero-order valence-electron chi connectivity index (χ0n) is 10.3. The van der Waals surface area contributed by atoms with Crippen LogP contribution in [0.1, 0.15) is 11.3 Å². The lowest BCUT2D eigenvalue weighted by molar-refractivity contribution is 0.411. The Hall–Kier alpha value is -2.01. The number of aromatic nitrogens is 2. The fraction of sp³-hybridized carbons (Fsp3) is 0.308. The van der Waals surface area contributed by atoms with Crippen LogP contribution >= 0.6 is 0 Å². The lowest BCUT2D eigenvalue weighted by Gasteiger charge is -2.09. The van der Waals surface area contributed by atoms with Crippen LogP contribution in [0.2, 0.25) is 0 Å². The van der Waals surface area contributed by atoms with Crippen molar-refractivity contribution in [3.8, 4) is 11.4 Å². The molecule has 18 heavy (non-hydrogen) atoms. The molecular weight excluding hydrogens is 228 g/mol. The predicted octanol–water partition coefficient (Wildman–Crippen LogP) is 1.11. The first kappa shape index (κ1) is 11.1. The van der Waals surface area contributed by atoms with E-state index < -0.39 is 0 Å². The summed E-state index contributed by atoms with van der Waals surface area (Å²) in [6, 6.07) is 5.57. The summed E-state index contributed by atoms with van der Waals surface area (Å²) in [4.78, 5) is 0. The molecular formula is C13H16N4O. The van der Waals surface area contributed by atoms with Crippen LogP contribution in [0.25, 0.3) is 5.69 Å². The molecule has 1 aromatic carbocycles. The third-order valence-electron chi connectivity index (χ3n) is 3.18. The molecule has 2 aromatic rings. The van der Waals surface area contributed by atoms with Crippen molar-refractivity contribution >= 4 is 5.69 Å². The van der Waals surface area contributed by atoms with Gasteiger partial charge in [-0.15, -0.1) is 0 Å². The average molecular weight is 244 g/mol. The van der Waals surface area contributed by atoms with Crippen molar-refractivity contribution in [2.24, 2.45) is 0 Å². The molecule has 1 aromatic heterocycles. The number of nitrogen functional groups attached to an aromatic ring is 1. The maximum Gasteiger partial charge on any atom is 0.144 e. The summed E-state index contributed by atoms with van der Waals surface area (Å²) in [5, 5.41) is 7.95. The van der Waals surface area contributed by atoms with Crippen molar-refractivity contribution in [1.82, 2.24) is 15.1 Å². The van der Waals surface area contributed by atoms with Gasteiger partial charge in [0.1, 0.15) is 11.4 Å². The van der Waals surface area contributed by atoms with Crippen LogP contribution in [-0.4, -0.2) is 23.4 Å². The number of ether oxygens (including phenoxy) is 1.